The highest BCUT2D eigenvalue weighted by Crippen LogP contribution is 2.45. The van der Waals surface area contributed by atoms with Gasteiger partial charge in [0.25, 0.3) is 0 Å². The van der Waals surface area contributed by atoms with Crippen LogP contribution in [0.2, 0.25) is 0 Å². The number of benzene rings is 1. The van der Waals surface area contributed by atoms with Gasteiger partial charge in [0, 0.05) is 5.75 Å². The molecule has 1 aromatic carbocycles. The third-order valence-corrected chi connectivity index (χ3v) is 4.33. The number of hydrogen-bond donors (Lipinski definition) is 2. The van der Waals surface area contributed by atoms with Crippen molar-refractivity contribution in [3.05, 3.63) is 17.7 Å². The Labute approximate surface area is 114 Å². The van der Waals surface area contributed by atoms with Gasteiger partial charge in [-0.2, -0.15) is 0 Å². The van der Waals surface area contributed by atoms with Crippen molar-refractivity contribution in [1.82, 2.24) is 5.32 Å². The molecule has 1 unspecified atom stereocenters. The fourth-order valence-corrected chi connectivity index (χ4v) is 3.32. The van der Waals surface area contributed by atoms with Crippen LogP contribution < -0.4 is 19.5 Å². The van der Waals surface area contributed by atoms with Gasteiger partial charge < -0.3 is 19.3 Å². The van der Waals surface area contributed by atoms with Gasteiger partial charge >= 0.3 is 5.97 Å². The van der Waals surface area contributed by atoms with Crippen LogP contribution in [-0.4, -0.2) is 36.8 Å². The van der Waals surface area contributed by atoms with E-state index in [4.69, 9.17) is 19.3 Å². The molecule has 2 heterocycles. The van der Waals surface area contributed by atoms with Gasteiger partial charge in [0.15, 0.2) is 11.5 Å². The zero-order valence-corrected chi connectivity index (χ0v) is 11.0. The van der Waals surface area contributed by atoms with Gasteiger partial charge in [0.1, 0.15) is 6.04 Å². The van der Waals surface area contributed by atoms with Crippen LogP contribution in [0.4, 0.5) is 0 Å². The molecule has 102 valence electrons. The predicted octanol–water partition coefficient (Wildman–Crippen LogP) is 1.21. The molecule has 7 heteroatoms. The lowest BCUT2D eigenvalue weighted by Gasteiger charge is -2.14. The van der Waals surface area contributed by atoms with E-state index in [0.29, 0.717) is 23.0 Å². The van der Waals surface area contributed by atoms with Gasteiger partial charge in [-0.15, -0.1) is 11.8 Å². The fourth-order valence-electron chi connectivity index (χ4n) is 2.11. The average Bonchev–Trinajstić information content (AvgIpc) is 3.05. The highest BCUT2D eigenvalue weighted by Gasteiger charge is 2.32. The number of rotatable bonds is 3. The molecule has 1 saturated heterocycles. The van der Waals surface area contributed by atoms with Gasteiger partial charge in [-0.1, -0.05) is 0 Å². The number of methoxy groups -OCH3 is 1. The minimum atomic E-state index is -0.831. The van der Waals surface area contributed by atoms with Crippen LogP contribution in [0.25, 0.3) is 0 Å². The number of fused-ring (bicyclic) bond motifs is 1. The molecule has 2 N–H and O–H groups in total. The van der Waals surface area contributed by atoms with Gasteiger partial charge in [0.2, 0.25) is 12.5 Å². The van der Waals surface area contributed by atoms with E-state index < -0.39 is 12.0 Å². The molecule has 2 aliphatic heterocycles. The van der Waals surface area contributed by atoms with Crippen LogP contribution >= 0.6 is 11.8 Å². The smallest absolute Gasteiger partial charge is 0.321 e. The third-order valence-electron chi connectivity index (χ3n) is 3.06. The second-order valence-corrected chi connectivity index (χ2v) is 5.37. The number of aliphatic carboxylic acids is 1. The highest BCUT2D eigenvalue weighted by atomic mass is 32.2. The number of carbonyl (C=O) groups is 1. The van der Waals surface area contributed by atoms with Gasteiger partial charge in [0.05, 0.1) is 12.5 Å². The SMILES string of the molecule is COc1cc(C2N[C@H](C(=O)O)CS2)cc2c1OCO2. The lowest BCUT2D eigenvalue weighted by molar-refractivity contribution is -0.138. The van der Waals surface area contributed by atoms with Crippen molar-refractivity contribution < 1.29 is 24.1 Å². The second kappa shape index (κ2) is 4.82. The fraction of sp³-hybridized carbons (Fsp3) is 0.417. The monoisotopic (exact) mass is 283 g/mol. The van der Waals surface area contributed by atoms with E-state index in [1.807, 2.05) is 12.1 Å². The van der Waals surface area contributed by atoms with Gasteiger partial charge in [-0.25, -0.2) is 0 Å². The predicted molar refractivity (Wildman–Crippen MR) is 68.9 cm³/mol. The molecule has 0 aromatic heterocycles. The van der Waals surface area contributed by atoms with E-state index in [-0.39, 0.29) is 12.2 Å². The number of carboxylic acids is 1. The zero-order chi connectivity index (χ0) is 13.4. The molecule has 19 heavy (non-hydrogen) atoms. The van der Waals surface area contributed by atoms with Crippen LogP contribution in [0.3, 0.4) is 0 Å². The number of thioether (sulfide) groups is 1. The Balaban J connectivity index is 1.88. The van der Waals surface area contributed by atoms with Crippen molar-refractivity contribution in [1.29, 1.82) is 0 Å². The van der Waals surface area contributed by atoms with Crippen LogP contribution in [0.1, 0.15) is 10.9 Å². The summed E-state index contributed by atoms with van der Waals surface area (Å²) in [6, 6.07) is 3.19. The summed E-state index contributed by atoms with van der Waals surface area (Å²) in [6.07, 6.45) is 0. The Bertz CT molecular complexity index is 521. The Morgan fingerprint density at radius 1 is 1.53 bits per heavy atom. The molecule has 0 radical (unpaired) electrons. The molecular weight excluding hydrogens is 270 g/mol. The number of hydrogen-bond acceptors (Lipinski definition) is 6. The summed E-state index contributed by atoms with van der Waals surface area (Å²) < 4.78 is 16.0. The Kier molecular flexibility index (Phi) is 3.16. The first-order valence-electron chi connectivity index (χ1n) is 5.77. The molecule has 0 saturated carbocycles. The molecule has 1 aromatic rings. The van der Waals surface area contributed by atoms with Crippen LogP contribution in [-0.2, 0) is 4.79 Å². The van der Waals surface area contributed by atoms with Crippen LogP contribution in [0, 0.1) is 0 Å². The summed E-state index contributed by atoms with van der Waals surface area (Å²) in [7, 11) is 1.57. The molecule has 1 fully saturated rings. The van der Waals surface area contributed by atoms with Crippen LogP contribution in [0.15, 0.2) is 12.1 Å². The molecular formula is C12H13NO5S. The maximum absolute atomic E-state index is 10.9. The van der Waals surface area contributed by atoms with Crippen molar-refractivity contribution in [3.63, 3.8) is 0 Å². The second-order valence-electron chi connectivity index (χ2n) is 4.23. The van der Waals surface area contributed by atoms with E-state index >= 15 is 0 Å². The maximum Gasteiger partial charge on any atom is 0.321 e. The van der Waals surface area contributed by atoms with E-state index in [1.54, 1.807) is 18.9 Å². The van der Waals surface area contributed by atoms with Crippen molar-refractivity contribution >= 4 is 17.7 Å². The summed E-state index contributed by atoms with van der Waals surface area (Å²) in [5, 5.41) is 12.0. The molecule has 6 nitrogen and oxygen atoms in total. The molecule has 0 amide bonds. The summed E-state index contributed by atoms with van der Waals surface area (Å²) >= 11 is 1.55. The number of carboxylic acid groups (broad SMARTS) is 1. The highest BCUT2D eigenvalue weighted by molar-refractivity contribution is 7.99. The van der Waals surface area contributed by atoms with Gasteiger partial charge in [-0.05, 0) is 17.7 Å². The summed E-state index contributed by atoms with van der Waals surface area (Å²) in [6.45, 7) is 0.179. The standard InChI is InChI=1S/C12H13NO5S/c1-16-8-2-6(3-9-10(8)18-5-17-9)11-13-7(4-19-11)12(14)15/h2-3,7,11,13H,4-5H2,1H3,(H,14,15)/t7-,11?/m0/s1. The van der Waals surface area contributed by atoms with E-state index in [0.717, 1.165) is 5.56 Å². The first-order valence-corrected chi connectivity index (χ1v) is 6.82. The normalized spacial score (nSPS) is 24.5. The molecule has 0 spiro atoms. The van der Waals surface area contributed by atoms with Gasteiger partial charge in [-0.3, -0.25) is 10.1 Å². The summed E-state index contributed by atoms with van der Waals surface area (Å²) in [5.41, 5.74) is 0.926. The average molecular weight is 283 g/mol. The third kappa shape index (κ3) is 2.19. The van der Waals surface area contributed by atoms with Crippen molar-refractivity contribution in [2.45, 2.75) is 11.4 Å². The van der Waals surface area contributed by atoms with Crippen molar-refractivity contribution in [3.8, 4) is 17.2 Å². The summed E-state index contributed by atoms with van der Waals surface area (Å²) in [5.74, 6) is 1.55. The topological polar surface area (TPSA) is 77.0 Å². The van der Waals surface area contributed by atoms with E-state index in [2.05, 4.69) is 5.32 Å². The number of nitrogens with one attached hydrogen (secondary N) is 1. The van der Waals surface area contributed by atoms with Crippen molar-refractivity contribution in [2.75, 3.05) is 19.7 Å². The molecule has 0 bridgehead atoms. The van der Waals surface area contributed by atoms with Crippen molar-refractivity contribution in [2.24, 2.45) is 0 Å². The zero-order valence-electron chi connectivity index (χ0n) is 10.2. The molecule has 3 rings (SSSR count). The quantitative estimate of drug-likeness (QED) is 0.863. The summed E-state index contributed by atoms with van der Waals surface area (Å²) in [4.78, 5) is 10.9. The first kappa shape index (κ1) is 12.4. The lowest BCUT2D eigenvalue weighted by Crippen LogP contribution is -2.33. The minimum Gasteiger partial charge on any atom is -0.493 e. The maximum atomic E-state index is 10.9. The molecule has 2 aliphatic rings. The first-order chi connectivity index (χ1) is 9.19. The lowest BCUT2D eigenvalue weighted by atomic mass is 10.1. The minimum absolute atomic E-state index is 0.0792. The largest absolute Gasteiger partial charge is 0.493 e. The Morgan fingerprint density at radius 2 is 2.37 bits per heavy atom. The Hall–Kier alpha value is -1.60. The van der Waals surface area contributed by atoms with Crippen LogP contribution in [0.5, 0.6) is 17.2 Å². The molecule has 0 aliphatic carbocycles. The number of ether oxygens (including phenoxy) is 3. The van der Waals surface area contributed by atoms with E-state index in [1.165, 1.54) is 0 Å². The Morgan fingerprint density at radius 3 is 3.05 bits per heavy atom. The molecule has 2 atom stereocenters. The van der Waals surface area contributed by atoms with E-state index in [9.17, 15) is 4.79 Å².